The van der Waals surface area contributed by atoms with Crippen molar-refractivity contribution in [2.24, 2.45) is 16.8 Å². The molecule has 0 N–H and O–H groups in total. The molecule has 1 aliphatic carbocycles. The van der Waals surface area contributed by atoms with Crippen molar-refractivity contribution in [3.8, 4) is 6.19 Å². The Morgan fingerprint density at radius 2 is 1.61 bits per heavy atom. The standard InChI is InChI=1S/C28H35N5O2S/c1-31(36(34,35)20-24-5-3-2-4-6-24)27-15-16-32(19-27)26-13-11-25(12-14-26)28(30-21-29)33-17-22-7-8-23(18-33)10-9-22/h2-6,11-14,22-23,27H,7-10,15-20H2,1H3. The predicted octanol–water partition coefficient (Wildman–Crippen LogP) is 4.08. The van der Waals surface area contributed by atoms with E-state index < -0.39 is 10.0 Å². The maximum atomic E-state index is 13.0. The molecule has 7 nitrogen and oxygen atoms in total. The zero-order valence-electron chi connectivity index (χ0n) is 21.0. The minimum Gasteiger partial charge on any atom is -0.370 e. The normalized spacial score (nSPS) is 24.7. The summed E-state index contributed by atoms with van der Waals surface area (Å²) in [6.45, 7) is 3.44. The van der Waals surface area contributed by atoms with Crippen molar-refractivity contribution in [1.29, 1.82) is 5.26 Å². The van der Waals surface area contributed by atoms with Crippen LogP contribution in [0.15, 0.2) is 59.6 Å². The van der Waals surface area contributed by atoms with E-state index in [9.17, 15) is 13.7 Å². The van der Waals surface area contributed by atoms with Crippen molar-refractivity contribution in [1.82, 2.24) is 9.21 Å². The van der Waals surface area contributed by atoms with Crippen LogP contribution in [-0.4, -0.2) is 62.7 Å². The van der Waals surface area contributed by atoms with Crippen LogP contribution >= 0.6 is 0 Å². The lowest BCUT2D eigenvalue weighted by Crippen LogP contribution is -2.39. The fraction of sp³-hybridized carbons (Fsp3) is 0.500. The van der Waals surface area contributed by atoms with Crippen molar-refractivity contribution >= 4 is 21.5 Å². The van der Waals surface area contributed by atoms with Crippen molar-refractivity contribution in [3.63, 3.8) is 0 Å². The van der Waals surface area contributed by atoms with E-state index >= 15 is 0 Å². The van der Waals surface area contributed by atoms with Gasteiger partial charge in [-0.2, -0.15) is 14.6 Å². The predicted molar refractivity (Wildman–Crippen MR) is 143 cm³/mol. The highest BCUT2D eigenvalue weighted by Gasteiger charge is 2.33. The van der Waals surface area contributed by atoms with E-state index in [2.05, 4.69) is 39.1 Å². The van der Waals surface area contributed by atoms with E-state index in [1.54, 1.807) is 11.4 Å². The third-order valence-electron chi connectivity index (χ3n) is 8.18. The van der Waals surface area contributed by atoms with Crippen molar-refractivity contribution in [3.05, 3.63) is 65.7 Å². The fourth-order valence-electron chi connectivity index (χ4n) is 6.04. The summed E-state index contributed by atoms with van der Waals surface area (Å²) in [6.07, 6.45) is 7.96. The molecule has 3 heterocycles. The van der Waals surface area contributed by atoms with E-state index in [0.717, 1.165) is 48.7 Å². The van der Waals surface area contributed by atoms with Crippen LogP contribution in [0.1, 0.15) is 43.2 Å². The molecule has 3 saturated heterocycles. The van der Waals surface area contributed by atoms with E-state index in [1.807, 2.05) is 36.5 Å². The van der Waals surface area contributed by atoms with Gasteiger partial charge in [-0.1, -0.05) is 30.3 Å². The molecule has 4 aliphatic rings. The van der Waals surface area contributed by atoms with Gasteiger partial charge in [0.25, 0.3) is 0 Å². The molecule has 2 bridgehead atoms. The van der Waals surface area contributed by atoms with Crippen molar-refractivity contribution in [2.45, 2.75) is 43.9 Å². The molecule has 3 aliphatic heterocycles. The maximum Gasteiger partial charge on any atom is 0.218 e. The number of amidine groups is 1. The van der Waals surface area contributed by atoms with Gasteiger partial charge in [0.1, 0.15) is 5.84 Å². The van der Waals surface area contributed by atoms with Crippen LogP contribution in [0.3, 0.4) is 0 Å². The average Bonchev–Trinajstić information content (AvgIpc) is 3.19. The lowest BCUT2D eigenvalue weighted by atomic mass is 9.84. The number of benzene rings is 2. The molecule has 1 saturated carbocycles. The van der Waals surface area contributed by atoms with Crippen LogP contribution < -0.4 is 4.90 Å². The van der Waals surface area contributed by atoms with Gasteiger partial charge in [-0.15, -0.1) is 0 Å². The van der Waals surface area contributed by atoms with Crippen LogP contribution in [0.5, 0.6) is 0 Å². The van der Waals surface area contributed by atoms with Crippen LogP contribution in [-0.2, 0) is 15.8 Å². The summed E-state index contributed by atoms with van der Waals surface area (Å²) in [5.41, 5.74) is 2.85. The summed E-state index contributed by atoms with van der Waals surface area (Å²) in [5, 5.41) is 9.39. The molecule has 1 unspecified atom stereocenters. The second-order valence-corrected chi connectivity index (χ2v) is 12.5. The topological polar surface area (TPSA) is 80.0 Å². The first-order chi connectivity index (χ1) is 17.4. The average molecular weight is 506 g/mol. The number of nitriles is 1. The first-order valence-electron chi connectivity index (χ1n) is 13.0. The Bertz CT molecular complexity index is 1200. The molecule has 1 atom stereocenters. The van der Waals surface area contributed by atoms with Crippen LogP contribution in [0.25, 0.3) is 0 Å². The van der Waals surface area contributed by atoms with E-state index in [0.29, 0.717) is 18.4 Å². The molecule has 0 aromatic heterocycles. The van der Waals surface area contributed by atoms with Crippen LogP contribution in [0, 0.1) is 23.3 Å². The summed E-state index contributed by atoms with van der Waals surface area (Å²) in [7, 11) is -1.69. The third-order valence-corrected chi connectivity index (χ3v) is 10.1. The van der Waals surface area contributed by atoms with Gasteiger partial charge >= 0.3 is 0 Å². The quantitative estimate of drug-likeness (QED) is 0.336. The Morgan fingerprint density at radius 1 is 0.972 bits per heavy atom. The molecule has 0 radical (unpaired) electrons. The minimum absolute atomic E-state index is 0.0226. The smallest absolute Gasteiger partial charge is 0.218 e. The number of rotatable bonds is 6. The Labute approximate surface area is 215 Å². The first-order valence-corrected chi connectivity index (χ1v) is 14.6. The highest BCUT2D eigenvalue weighted by atomic mass is 32.2. The monoisotopic (exact) mass is 505 g/mol. The molecule has 36 heavy (non-hydrogen) atoms. The molecule has 2 aromatic rings. The maximum absolute atomic E-state index is 13.0. The number of anilines is 1. The van der Waals surface area contributed by atoms with Crippen LogP contribution in [0.4, 0.5) is 5.69 Å². The van der Waals surface area contributed by atoms with Gasteiger partial charge in [0.15, 0.2) is 0 Å². The molecule has 0 amide bonds. The van der Waals surface area contributed by atoms with Gasteiger partial charge < -0.3 is 9.80 Å². The number of hydrogen-bond acceptors (Lipinski definition) is 5. The van der Waals surface area contributed by atoms with Crippen LogP contribution in [0.2, 0.25) is 0 Å². The number of hydrogen-bond donors (Lipinski definition) is 0. The fourth-order valence-corrected chi connectivity index (χ4v) is 7.48. The molecule has 0 spiro atoms. The third kappa shape index (κ3) is 5.42. The molecular formula is C28H35N5O2S. The van der Waals surface area contributed by atoms with Gasteiger partial charge in [0, 0.05) is 50.5 Å². The summed E-state index contributed by atoms with van der Waals surface area (Å²) >= 11 is 0. The molecule has 190 valence electrons. The Kier molecular flexibility index (Phi) is 7.31. The van der Waals surface area contributed by atoms with E-state index in [4.69, 9.17) is 0 Å². The second-order valence-electron chi connectivity index (χ2n) is 10.5. The lowest BCUT2D eigenvalue weighted by Gasteiger charge is -2.27. The molecule has 2 aromatic carbocycles. The number of fused-ring (bicyclic) bond motifs is 4. The Hall–Kier alpha value is -2.89. The van der Waals surface area contributed by atoms with Gasteiger partial charge in [0.05, 0.1) is 5.75 Å². The first kappa shape index (κ1) is 24.8. The van der Waals surface area contributed by atoms with Crippen molar-refractivity contribution < 1.29 is 8.42 Å². The number of likely N-dealkylation sites (N-methyl/N-ethyl adjacent to an activating group) is 1. The largest absolute Gasteiger partial charge is 0.370 e. The SMILES string of the molecule is CN(C1CCN(c2ccc(C(=NC#N)N3CC4CCC(CC4)C3)cc2)C1)S(=O)(=O)Cc1ccccc1. The molecule has 8 heteroatoms. The summed E-state index contributed by atoms with van der Waals surface area (Å²) in [5.74, 6) is 2.20. The zero-order chi connectivity index (χ0) is 25.1. The number of aliphatic imine (C=N–C) groups is 1. The summed E-state index contributed by atoms with van der Waals surface area (Å²) < 4.78 is 27.6. The minimum atomic E-state index is -3.39. The van der Waals surface area contributed by atoms with Gasteiger partial charge in [-0.25, -0.2) is 8.42 Å². The number of nitrogens with zero attached hydrogens (tertiary/aromatic N) is 5. The van der Waals surface area contributed by atoms with Gasteiger partial charge in [-0.05, 0) is 73.8 Å². The Morgan fingerprint density at radius 3 is 2.22 bits per heavy atom. The molecule has 4 fully saturated rings. The summed E-state index contributed by atoms with van der Waals surface area (Å²) in [4.78, 5) is 8.81. The Balaban J connectivity index is 1.25. The van der Waals surface area contributed by atoms with Crippen molar-refractivity contribution in [2.75, 3.05) is 38.1 Å². The second kappa shape index (κ2) is 10.6. The summed E-state index contributed by atoms with van der Waals surface area (Å²) in [6, 6.07) is 17.6. The van der Waals surface area contributed by atoms with Gasteiger partial charge in [-0.3, -0.25) is 0 Å². The molecular weight excluding hydrogens is 470 g/mol. The lowest BCUT2D eigenvalue weighted by molar-refractivity contribution is 0.326. The highest BCUT2D eigenvalue weighted by molar-refractivity contribution is 7.88. The highest BCUT2D eigenvalue weighted by Crippen LogP contribution is 2.35. The molecule has 6 rings (SSSR count). The van der Waals surface area contributed by atoms with Gasteiger partial charge in [0.2, 0.25) is 16.2 Å². The van der Waals surface area contributed by atoms with E-state index in [1.165, 1.54) is 25.7 Å². The van der Waals surface area contributed by atoms with E-state index in [-0.39, 0.29) is 11.8 Å². The number of sulfonamides is 1. The zero-order valence-corrected chi connectivity index (χ0v) is 21.8.